The Morgan fingerprint density at radius 1 is 1.35 bits per heavy atom. The normalized spacial score (nSPS) is 12.3. The van der Waals surface area contributed by atoms with Crippen molar-refractivity contribution in [2.75, 3.05) is 20.6 Å². The average Bonchev–Trinajstić information content (AvgIpc) is 3.02. The Labute approximate surface area is 132 Å². The number of rotatable bonds is 6. The molecule has 2 rings (SSSR count). The molecule has 2 heterocycles. The fourth-order valence-corrected chi connectivity index (χ4v) is 2.18. The number of aromatic nitrogens is 2. The number of nitrogens with one attached hydrogen (secondary N) is 1. The molecule has 0 aliphatic heterocycles. The molecule has 8 nitrogen and oxygen atoms in total. The molecule has 1 atom stereocenters. The largest absolute Gasteiger partial charge is 0.468 e. The van der Waals surface area contributed by atoms with Crippen LogP contribution in [0.2, 0.25) is 0 Å². The second-order valence-electron chi connectivity index (χ2n) is 5.42. The molecule has 0 unspecified atom stereocenters. The van der Waals surface area contributed by atoms with Crippen LogP contribution < -0.4 is 16.6 Å². The Balaban J connectivity index is 2.01. The van der Waals surface area contributed by atoms with Crippen molar-refractivity contribution < 1.29 is 9.21 Å². The second-order valence-corrected chi connectivity index (χ2v) is 5.42. The summed E-state index contributed by atoms with van der Waals surface area (Å²) in [6.45, 7) is 0.200. The van der Waals surface area contributed by atoms with Crippen LogP contribution in [0.25, 0.3) is 0 Å². The fraction of sp³-hybridized carbons (Fsp3) is 0.400. The van der Waals surface area contributed by atoms with Gasteiger partial charge in [0.15, 0.2) is 0 Å². The van der Waals surface area contributed by atoms with Crippen LogP contribution >= 0.6 is 0 Å². The van der Waals surface area contributed by atoms with Crippen LogP contribution in [-0.4, -0.2) is 40.6 Å². The molecule has 2 aromatic heterocycles. The number of carbonyl (C=O) groups is 1. The predicted octanol–water partition coefficient (Wildman–Crippen LogP) is -0.441. The number of furan rings is 1. The van der Waals surface area contributed by atoms with Crippen molar-refractivity contribution in [1.29, 1.82) is 0 Å². The molecule has 1 amide bonds. The minimum atomic E-state index is -0.525. The van der Waals surface area contributed by atoms with E-state index in [1.807, 2.05) is 25.1 Å². The Hall–Kier alpha value is -2.61. The van der Waals surface area contributed by atoms with E-state index in [4.69, 9.17) is 4.42 Å². The smallest absolute Gasteiger partial charge is 0.331 e. The summed E-state index contributed by atoms with van der Waals surface area (Å²) in [6, 6.07) is 4.78. The van der Waals surface area contributed by atoms with Crippen LogP contribution in [-0.2, 0) is 18.4 Å². The van der Waals surface area contributed by atoms with Gasteiger partial charge in [-0.3, -0.25) is 23.6 Å². The number of hydrogen-bond donors (Lipinski definition) is 1. The van der Waals surface area contributed by atoms with Crippen LogP contribution in [0, 0.1) is 0 Å². The van der Waals surface area contributed by atoms with Gasteiger partial charge in [0.25, 0.3) is 5.56 Å². The van der Waals surface area contributed by atoms with E-state index in [9.17, 15) is 14.4 Å². The zero-order chi connectivity index (χ0) is 17.0. The summed E-state index contributed by atoms with van der Waals surface area (Å²) in [7, 11) is 5.14. The van der Waals surface area contributed by atoms with Crippen LogP contribution in [0.3, 0.4) is 0 Å². The number of likely N-dealkylation sites (N-methyl/N-ethyl adjacent to an activating group) is 1. The molecule has 23 heavy (non-hydrogen) atoms. The van der Waals surface area contributed by atoms with E-state index in [0.717, 1.165) is 10.3 Å². The highest BCUT2D eigenvalue weighted by molar-refractivity contribution is 5.75. The molecule has 0 radical (unpaired) electrons. The van der Waals surface area contributed by atoms with Crippen molar-refractivity contribution in [1.82, 2.24) is 19.4 Å². The third kappa shape index (κ3) is 3.98. The lowest BCUT2D eigenvalue weighted by molar-refractivity contribution is -0.122. The molecule has 0 aliphatic rings. The molecule has 0 saturated heterocycles. The molecular weight excluding hydrogens is 300 g/mol. The minimum absolute atomic E-state index is 0.106. The van der Waals surface area contributed by atoms with E-state index >= 15 is 0 Å². The van der Waals surface area contributed by atoms with Crippen molar-refractivity contribution in [3.63, 3.8) is 0 Å². The lowest BCUT2D eigenvalue weighted by atomic mass is 10.2. The molecular formula is C15H20N4O4. The summed E-state index contributed by atoms with van der Waals surface area (Å²) in [6.07, 6.45) is 2.90. The van der Waals surface area contributed by atoms with Gasteiger partial charge in [0.1, 0.15) is 12.3 Å². The molecule has 124 valence electrons. The molecule has 0 aliphatic carbocycles. The maximum absolute atomic E-state index is 12.1. The van der Waals surface area contributed by atoms with Gasteiger partial charge in [0, 0.05) is 25.9 Å². The zero-order valence-corrected chi connectivity index (χ0v) is 13.4. The van der Waals surface area contributed by atoms with Crippen molar-refractivity contribution in [2.24, 2.45) is 7.05 Å². The molecule has 0 bridgehead atoms. The van der Waals surface area contributed by atoms with Crippen molar-refractivity contribution in [3.05, 3.63) is 57.3 Å². The van der Waals surface area contributed by atoms with Gasteiger partial charge in [-0.05, 0) is 26.2 Å². The standard InChI is InChI=1S/C15H20N4O4/c1-17(2)11(12-5-4-8-23-12)9-16-13(20)10-19-7-6-14(21)18(3)15(19)22/h4-8,11H,9-10H2,1-3H3,(H,16,20)/t11-/m1/s1. The van der Waals surface area contributed by atoms with Crippen LogP contribution in [0.1, 0.15) is 11.8 Å². The Morgan fingerprint density at radius 3 is 2.70 bits per heavy atom. The number of nitrogens with zero attached hydrogens (tertiary/aromatic N) is 3. The van der Waals surface area contributed by atoms with E-state index < -0.39 is 11.2 Å². The summed E-state index contributed by atoms with van der Waals surface area (Å²) in [5.74, 6) is 0.429. The van der Waals surface area contributed by atoms with Crippen molar-refractivity contribution in [3.8, 4) is 0 Å². The first-order valence-corrected chi connectivity index (χ1v) is 7.13. The number of hydrogen-bond acceptors (Lipinski definition) is 5. The third-order valence-electron chi connectivity index (χ3n) is 3.56. The van der Waals surface area contributed by atoms with Crippen LogP contribution in [0.15, 0.2) is 44.7 Å². The summed E-state index contributed by atoms with van der Waals surface area (Å²) in [5.41, 5.74) is -0.931. The molecule has 8 heteroatoms. The van der Waals surface area contributed by atoms with E-state index in [-0.39, 0.29) is 18.5 Å². The van der Waals surface area contributed by atoms with Gasteiger partial charge in [0.05, 0.1) is 12.3 Å². The SMILES string of the molecule is CN(C)[C@H](CNC(=O)Cn1ccc(=O)n(C)c1=O)c1ccco1. The summed E-state index contributed by atoms with van der Waals surface area (Å²) >= 11 is 0. The van der Waals surface area contributed by atoms with Gasteiger partial charge in [-0.25, -0.2) is 4.79 Å². The Kier molecular flexibility index (Phi) is 5.17. The number of carbonyl (C=O) groups excluding carboxylic acids is 1. The molecule has 0 fully saturated rings. The molecule has 1 N–H and O–H groups in total. The molecule has 0 aromatic carbocycles. The van der Waals surface area contributed by atoms with Crippen molar-refractivity contribution >= 4 is 5.91 Å². The zero-order valence-electron chi connectivity index (χ0n) is 13.4. The topological polar surface area (TPSA) is 89.5 Å². The Morgan fingerprint density at radius 2 is 2.09 bits per heavy atom. The maximum Gasteiger partial charge on any atom is 0.331 e. The summed E-state index contributed by atoms with van der Waals surface area (Å²) in [5, 5.41) is 2.77. The highest BCUT2D eigenvalue weighted by Gasteiger charge is 2.18. The fourth-order valence-electron chi connectivity index (χ4n) is 2.18. The van der Waals surface area contributed by atoms with E-state index in [1.165, 1.54) is 23.9 Å². The highest BCUT2D eigenvalue weighted by atomic mass is 16.3. The van der Waals surface area contributed by atoms with Gasteiger partial charge in [-0.15, -0.1) is 0 Å². The molecule has 0 spiro atoms. The third-order valence-corrected chi connectivity index (χ3v) is 3.56. The van der Waals surface area contributed by atoms with Gasteiger partial charge in [-0.1, -0.05) is 0 Å². The monoisotopic (exact) mass is 320 g/mol. The van der Waals surface area contributed by atoms with Gasteiger partial charge < -0.3 is 9.73 Å². The van der Waals surface area contributed by atoms with Gasteiger partial charge in [0.2, 0.25) is 5.91 Å². The van der Waals surface area contributed by atoms with Crippen LogP contribution in [0.4, 0.5) is 0 Å². The highest BCUT2D eigenvalue weighted by Crippen LogP contribution is 2.17. The Bertz CT molecular complexity index is 774. The van der Waals surface area contributed by atoms with Gasteiger partial charge >= 0.3 is 5.69 Å². The quantitative estimate of drug-likeness (QED) is 0.779. The minimum Gasteiger partial charge on any atom is -0.468 e. The first-order valence-electron chi connectivity index (χ1n) is 7.13. The number of amides is 1. The van der Waals surface area contributed by atoms with Crippen molar-refractivity contribution in [2.45, 2.75) is 12.6 Å². The van der Waals surface area contributed by atoms with E-state index in [2.05, 4.69) is 5.32 Å². The summed E-state index contributed by atoms with van der Waals surface area (Å²) in [4.78, 5) is 37.2. The first-order chi connectivity index (χ1) is 10.9. The first kappa shape index (κ1) is 16.8. The second kappa shape index (κ2) is 7.10. The van der Waals surface area contributed by atoms with E-state index in [1.54, 1.807) is 12.3 Å². The molecule has 0 saturated carbocycles. The maximum atomic E-state index is 12.1. The van der Waals surface area contributed by atoms with E-state index in [0.29, 0.717) is 6.54 Å². The molecule has 2 aromatic rings. The average molecular weight is 320 g/mol. The predicted molar refractivity (Wildman–Crippen MR) is 84.1 cm³/mol. The lowest BCUT2D eigenvalue weighted by Crippen LogP contribution is -2.41. The summed E-state index contributed by atoms with van der Waals surface area (Å²) < 4.78 is 7.52. The van der Waals surface area contributed by atoms with Gasteiger partial charge in [-0.2, -0.15) is 0 Å². The van der Waals surface area contributed by atoms with Crippen LogP contribution in [0.5, 0.6) is 0 Å². The lowest BCUT2D eigenvalue weighted by Gasteiger charge is -2.22.